The SMILES string of the molecule is CCCCCCCCOC1=CC=C(c2c(OC)cc(OC)cc2OC)CC1. The van der Waals surface area contributed by atoms with Gasteiger partial charge in [0.1, 0.15) is 17.2 Å². The Balaban J connectivity index is 1.97. The maximum absolute atomic E-state index is 5.96. The van der Waals surface area contributed by atoms with Crippen molar-refractivity contribution in [2.24, 2.45) is 0 Å². The van der Waals surface area contributed by atoms with Gasteiger partial charge in [-0.2, -0.15) is 0 Å². The van der Waals surface area contributed by atoms with E-state index in [2.05, 4.69) is 19.1 Å². The molecule has 0 saturated carbocycles. The van der Waals surface area contributed by atoms with Crippen LogP contribution < -0.4 is 14.2 Å². The molecule has 0 radical (unpaired) electrons. The van der Waals surface area contributed by atoms with Gasteiger partial charge in [0, 0.05) is 18.6 Å². The van der Waals surface area contributed by atoms with Crippen molar-refractivity contribution >= 4 is 5.57 Å². The third-order valence-electron chi connectivity index (χ3n) is 4.93. The first-order valence-electron chi connectivity index (χ1n) is 10.1. The van der Waals surface area contributed by atoms with Crippen LogP contribution >= 0.6 is 0 Å². The van der Waals surface area contributed by atoms with Crippen molar-refractivity contribution < 1.29 is 18.9 Å². The second kappa shape index (κ2) is 11.6. The predicted octanol–water partition coefficient (Wildman–Crippen LogP) is 6.15. The summed E-state index contributed by atoms with van der Waals surface area (Å²) in [6.07, 6.45) is 13.7. The molecule has 0 fully saturated rings. The van der Waals surface area contributed by atoms with E-state index in [0.29, 0.717) is 0 Å². The van der Waals surface area contributed by atoms with E-state index in [0.717, 1.165) is 54.4 Å². The Hall–Kier alpha value is -2.10. The molecular weight excluding hydrogens is 340 g/mol. The van der Waals surface area contributed by atoms with Gasteiger partial charge < -0.3 is 18.9 Å². The molecule has 27 heavy (non-hydrogen) atoms. The van der Waals surface area contributed by atoms with Crippen LogP contribution in [0, 0.1) is 0 Å². The molecule has 0 unspecified atom stereocenters. The van der Waals surface area contributed by atoms with Crippen LogP contribution in [0.3, 0.4) is 0 Å². The van der Waals surface area contributed by atoms with Gasteiger partial charge in [0.15, 0.2) is 0 Å². The summed E-state index contributed by atoms with van der Waals surface area (Å²) in [4.78, 5) is 0. The standard InChI is InChI=1S/C23H34O4/c1-5-6-7-8-9-10-15-27-19-13-11-18(12-14-19)23-21(25-3)16-20(24-2)17-22(23)26-4/h11,13,16-17H,5-10,12,14-15H2,1-4H3. The van der Waals surface area contributed by atoms with E-state index in [9.17, 15) is 0 Å². The summed E-state index contributed by atoms with van der Waals surface area (Å²) in [5.74, 6) is 3.32. The summed E-state index contributed by atoms with van der Waals surface area (Å²) in [5, 5.41) is 0. The highest BCUT2D eigenvalue weighted by Gasteiger charge is 2.19. The number of hydrogen-bond donors (Lipinski definition) is 0. The van der Waals surface area contributed by atoms with Gasteiger partial charge in [-0.05, 0) is 24.5 Å². The van der Waals surface area contributed by atoms with Crippen molar-refractivity contribution in [2.45, 2.75) is 58.3 Å². The van der Waals surface area contributed by atoms with E-state index in [-0.39, 0.29) is 0 Å². The number of allylic oxidation sites excluding steroid dienone is 4. The molecule has 0 heterocycles. The van der Waals surface area contributed by atoms with Crippen LogP contribution in [0.1, 0.15) is 63.9 Å². The second-order valence-electron chi connectivity index (χ2n) is 6.85. The number of methoxy groups -OCH3 is 3. The van der Waals surface area contributed by atoms with Crippen LogP contribution in [0.15, 0.2) is 30.0 Å². The van der Waals surface area contributed by atoms with Gasteiger partial charge in [0.2, 0.25) is 0 Å². The van der Waals surface area contributed by atoms with Crippen molar-refractivity contribution in [1.82, 2.24) is 0 Å². The first-order chi connectivity index (χ1) is 13.2. The summed E-state index contributed by atoms with van der Waals surface area (Å²) in [6.45, 7) is 3.06. The average molecular weight is 375 g/mol. The lowest BCUT2D eigenvalue weighted by atomic mass is 9.94. The number of hydrogen-bond acceptors (Lipinski definition) is 4. The summed E-state index contributed by atoms with van der Waals surface area (Å²) < 4.78 is 22.4. The maximum atomic E-state index is 5.96. The molecule has 1 aromatic carbocycles. The van der Waals surface area contributed by atoms with Crippen LogP contribution in [0.4, 0.5) is 0 Å². The third-order valence-corrected chi connectivity index (χ3v) is 4.93. The van der Waals surface area contributed by atoms with E-state index in [1.54, 1.807) is 21.3 Å². The average Bonchev–Trinajstić information content (AvgIpc) is 2.72. The van der Waals surface area contributed by atoms with E-state index in [1.165, 1.54) is 37.7 Å². The molecule has 0 bridgehead atoms. The van der Waals surface area contributed by atoms with Gasteiger partial charge in [-0.25, -0.2) is 0 Å². The molecule has 2 rings (SSSR count). The lowest BCUT2D eigenvalue weighted by molar-refractivity contribution is 0.195. The zero-order valence-electron chi connectivity index (χ0n) is 17.3. The van der Waals surface area contributed by atoms with Crippen LogP contribution in [0.5, 0.6) is 17.2 Å². The Bertz CT molecular complexity index is 621. The Morgan fingerprint density at radius 3 is 2.00 bits per heavy atom. The fourth-order valence-electron chi connectivity index (χ4n) is 3.35. The molecule has 0 aromatic heterocycles. The number of ether oxygens (including phenoxy) is 4. The summed E-state index contributed by atoms with van der Waals surface area (Å²) >= 11 is 0. The Labute approximate surface area is 164 Å². The summed E-state index contributed by atoms with van der Waals surface area (Å²) in [5.41, 5.74) is 2.19. The highest BCUT2D eigenvalue weighted by atomic mass is 16.5. The molecule has 4 nitrogen and oxygen atoms in total. The van der Waals surface area contributed by atoms with E-state index < -0.39 is 0 Å². The van der Waals surface area contributed by atoms with Crippen molar-refractivity contribution in [2.75, 3.05) is 27.9 Å². The quantitative estimate of drug-likeness (QED) is 0.411. The zero-order valence-corrected chi connectivity index (χ0v) is 17.3. The van der Waals surface area contributed by atoms with Crippen LogP contribution in [-0.2, 0) is 4.74 Å². The molecule has 0 saturated heterocycles. The van der Waals surface area contributed by atoms with Crippen molar-refractivity contribution in [3.05, 3.63) is 35.6 Å². The minimum Gasteiger partial charge on any atom is -0.498 e. The Morgan fingerprint density at radius 1 is 0.778 bits per heavy atom. The van der Waals surface area contributed by atoms with Gasteiger partial charge in [0.05, 0.1) is 39.3 Å². The molecule has 1 aliphatic carbocycles. The van der Waals surface area contributed by atoms with Gasteiger partial charge >= 0.3 is 0 Å². The van der Waals surface area contributed by atoms with Gasteiger partial charge in [0.25, 0.3) is 0 Å². The summed E-state index contributed by atoms with van der Waals surface area (Å²) in [6, 6.07) is 3.79. The fraction of sp³-hybridized carbons (Fsp3) is 0.565. The summed E-state index contributed by atoms with van der Waals surface area (Å²) in [7, 11) is 4.99. The van der Waals surface area contributed by atoms with Crippen LogP contribution in [0.25, 0.3) is 5.57 Å². The highest BCUT2D eigenvalue weighted by Crippen LogP contribution is 2.42. The van der Waals surface area contributed by atoms with Crippen molar-refractivity contribution in [3.63, 3.8) is 0 Å². The predicted molar refractivity (Wildman–Crippen MR) is 111 cm³/mol. The van der Waals surface area contributed by atoms with Gasteiger partial charge in [-0.15, -0.1) is 0 Å². The normalized spacial score (nSPS) is 13.6. The smallest absolute Gasteiger partial charge is 0.133 e. The van der Waals surface area contributed by atoms with Crippen molar-refractivity contribution in [1.29, 1.82) is 0 Å². The van der Waals surface area contributed by atoms with Crippen molar-refractivity contribution in [3.8, 4) is 17.2 Å². The lowest BCUT2D eigenvalue weighted by Gasteiger charge is -2.20. The number of rotatable bonds is 12. The first-order valence-corrected chi connectivity index (χ1v) is 10.1. The van der Waals surface area contributed by atoms with Crippen LogP contribution in [0.2, 0.25) is 0 Å². The number of benzene rings is 1. The second-order valence-corrected chi connectivity index (χ2v) is 6.85. The minimum atomic E-state index is 0.724. The molecule has 0 amide bonds. The van der Waals surface area contributed by atoms with E-state index in [4.69, 9.17) is 18.9 Å². The van der Waals surface area contributed by atoms with E-state index in [1.807, 2.05) is 12.1 Å². The molecule has 1 aliphatic rings. The molecule has 0 aliphatic heterocycles. The largest absolute Gasteiger partial charge is 0.498 e. The maximum Gasteiger partial charge on any atom is 0.133 e. The highest BCUT2D eigenvalue weighted by molar-refractivity contribution is 5.78. The number of unbranched alkanes of at least 4 members (excludes halogenated alkanes) is 5. The third kappa shape index (κ3) is 6.23. The molecule has 4 heteroatoms. The molecule has 150 valence electrons. The van der Waals surface area contributed by atoms with E-state index >= 15 is 0 Å². The zero-order chi connectivity index (χ0) is 19.5. The molecule has 0 N–H and O–H groups in total. The minimum absolute atomic E-state index is 0.724. The van der Waals surface area contributed by atoms with Crippen LogP contribution in [-0.4, -0.2) is 27.9 Å². The Morgan fingerprint density at radius 2 is 1.44 bits per heavy atom. The topological polar surface area (TPSA) is 36.9 Å². The van der Waals surface area contributed by atoms with Gasteiger partial charge in [-0.1, -0.05) is 45.1 Å². The fourth-order valence-corrected chi connectivity index (χ4v) is 3.35. The Kier molecular flexibility index (Phi) is 9.09. The molecule has 0 atom stereocenters. The lowest BCUT2D eigenvalue weighted by Crippen LogP contribution is -2.03. The monoisotopic (exact) mass is 374 g/mol. The molecule has 0 spiro atoms. The molecular formula is C23H34O4. The first kappa shape index (κ1) is 21.2. The molecule has 1 aromatic rings. The van der Waals surface area contributed by atoms with Gasteiger partial charge in [-0.3, -0.25) is 0 Å².